The van der Waals surface area contributed by atoms with Crippen LogP contribution in [0.2, 0.25) is 0 Å². The number of benzene rings is 3. The van der Waals surface area contributed by atoms with E-state index in [4.69, 9.17) is 4.74 Å². The van der Waals surface area contributed by atoms with Crippen molar-refractivity contribution in [1.82, 2.24) is 5.32 Å². The second-order valence-corrected chi connectivity index (χ2v) is 7.28. The van der Waals surface area contributed by atoms with Gasteiger partial charge < -0.3 is 10.1 Å². The lowest BCUT2D eigenvalue weighted by Gasteiger charge is -2.20. The molecule has 3 nitrogen and oxygen atoms in total. The summed E-state index contributed by atoms with van der Waals surface area (Å²) >= 11 is 0. The Kier molecular flexibility index (Phi) is 7.75. The van der Waals surface area contributed by atoms with E-state index in [9.17, 15) is 9.18 Å². The van der Waals surface area contributed by atoms with Gasteiger partial charge in [-0.1, -0.05) is 49.7 Å². The van der Waals surface area contributed by atoms with Gasteiger partial charge in [0.2, 0.25) is 0 Å². The van der Waals surface area contributed by atoms with Crippen molar-refractivity contribution in [2.45, 2.75) is 25.7 Å². The predicted octanol–water partition coefficient (Wildman–Crippen LogP) is 5.86. The zero-order chi connectivity index (χ0) is 21.3. The van der Waals surface area contributed by atoms with Crippen molar-refractivity contribution in [1.29, 1.82) is 0 Å². The van der Waals surface area contributed by atoms with Gasteiger partial charge in [0.05, 0.1) is 0 Å². The highest BCUT2D eigenvalue weighted by Crippen LogP contribution is 2.34. The summed E-state index contributed by atoms with van der Waals surface area (Å²) in [5.41, 5.74) is 3.53. The van der Waals surface area contributed by atoms with Gasteiger partial charge in [0.15, 0.2) is 5.78 Å². The number of nitrogens with one attached hydrogen (secondary N) is 1. The normalized spacial score (nSPS) is 11.8. The van der Waals surface area contributed by atoms with Gasteiger partial charge in [-0.05, 0) is 66.6 Å². The second kappa shape index (κ2) is 10.7. The monoisotopic (exact) mass is 405 g/mol. The molecule has 1 atom stereocenters. The molecule has 0 aromatic heterocycles. The van der Waals surface area contributed by atoms with E-state index < -0.39 is 0 Å². The Bertz CT molecular complexity index is 952. The van der Waals surface area contributed by atoms with Crippen LogP contribution in [-0.2, 0) is 0 Å². The highest BCUT2D eigenvalue weighted by atomic mass is 19.1. The van der Waals surface area contributed by atoms with Gasteiger partial charge in [-0.3, -0.25) is 4.79 Å². The van der Waals surface area contributed by atoms with Crippen molar-refractivity contribution in [2.24, 2.45) is 0 Å². The van der Waals surface area contributed by atoms with Gasteiger partial charge in [-0.25, -0.2) is 4.39 Å². The zero-order valence-electron chi connectivity index (χ0n) is 17.5. The first kappa shape index (κ1) is 21.7. The minimum atomic E-state index is -0.269. The number of halogens is 1. The first-order chi connectivity index (χ1) is 14.6. The summed E-state index contributed by atoms with van der Waals surface area (Å²) in [6.07, 6.45) is 1.64. The third kappa shape index (κ3) is 5.33. The molecule has 0 heterocycles. The van der Waals surface area contributed by atoms with E-state index in [-0.39, 0.29) is 17.5 Å². The lowest BCUT2D eigenvalue weighted by Crippen LogP contribution is -2.16. The number of ether oxygens (including phenoxy) is 1. The Labute approximate surface area is 177 Å². The maximum Gasteiger partial charge on any atom is 0.170 e. The summed E-state index contributed by atoms with van der Waals surface area (Å²) in [6, 6.07) is 21.7. The molecular formula is C26H28FNO2. The van der Waals surface area contributed by atoms with Crippen molar-refractivity contribution in [3.8, 4) is 16.9 Å². The average molecular weight is 406 g/mol. The molecule has 0 aliphatic rings. The van der Waals surface area contributed by atoms with E-state index in [1.54, 1.807) is 12.1 Å². The molecule has 1 unspecified atom stereocenters. The number of carbonyl (C=O) groups is 1. The van der Waals surface area contributed by atoms with Gasteiger partial charge in [-0.2, -0.15) is 0 Å². The Morgan fingerprint density at radius 3 is 2.37 bits per heavy atom. The standard InChI is InChI=1S/C26H28FNO2/c1-3-6-25(26(29)20-11-15-22(16-12-20)30-18-17-28-2)24-8-5-4-7-23(24)19-9-13-21(27)14-10-19/h4-5,7-16,25,28H,3,6,17-18H2,1-2H3. The van der Waals surface area contributed by atoms with Gasteiger partial charge in [0, 0.05) is 18.0 Å². The molecule has 0 spiro atoms. The molecule has 30 heavy (non-hydrogen) atoms. The van der Waals surface area contributed by atoms with Crippen LogP contribution in [0, 0.1) is 5.82 Å². The van der Waals surface area contributed by atoms with Gasteiger partial charge in [0.25, 0.3) is 0 Å². The molecule has 1 N–H and O–H groups in total. The van der Waals surface area contributed by atoms with E-state index in [1.807, 2.05) is 55.6 Å². The highest BCUT2D eigenvalue weighted by Gasteiger charge is 2.24. The Hall–Kier alpha value is -2.98. The molecule has 0 radical (unpaired) electrons. The summed E-state index contributed by atoms with van der Waals surface area (Å²) < 4.78 is 19.1. The Morgan fingerprint density at radius 2 is 1.70 bits per heavy atom. The molecule has 3 aromatic carbocycles. The van der Waals surface area contributed by atoms with Crippen LogP contribution in [-0.4, -0.2) is 26.0 Å². The topological polar surface area (TPSA) is 38.3 Å². The quantitative estimate of drug-likeness (QED) is 0.339. The minimum absolute atomic E-state index is 0.0909. The van der Waals surface area contributed by atoms with Crippen LogP contribution in [0.4, 0.5) is 4.39 Å². The molecule has 4 heteroatoms. The first-order valence-corrected chi connectivity index (χ1v) is 10.4. The number of rotatable bonds is 10. The maximum atomic E-state index is 13.4. The van der Waals surface area contributed by atoms with E-state index in [0.717, 1.165) is 41.8 Å². The molecule has 0 aliphatic carbocycles. The average Bonchev–Trinajstić information content (AvgIpc) is 2.78. The molecule has 3 rings (SSSR count). The van der Waals surface area contributed by atoms with Crippen LogP contribution < -0.4 is 10.1 Å². The molecular weight excluding hydrogens is 377 g/mol. The SMILES string of the molecule is CCCC(C(=O)c1ccc(OCCNC)cc1)c1ccccc1-c1ccc(F)cc1. The van der Waals surface area contributed by atoms with Crippen molar-refractivity contribution >= 4 is 5.78 Å². The fourth-order valence-corrected chi connectivity index (χ4v) is 3.60. The van der Waals surface area contributed by atoms with Crippen molar-refractivity contribution in [3.05, 3.63) is 89.7 Å². The number of ketones is 1. The second-order valence-electron chi connectivity index (χ2n) is 7.28. The van der Waals surface area contributed by atoms with Crippen LogP contribution >= 0.6 is 0 Å². The maximum absolute atomic E-state index is 13.4. The van der Waals surface area contributed by atoms with Gasteiger partial charge in [0.1, 0.15) is 18.2 Å². The molecule has 0 saturated heterocycles. The minimum Gasteiger partial charge on any atom is -0.492 e. The number of hydrogen-bond acceptors (Lipinski definition) is 3. The molecule has 3 aromatic rings. The van der Waals surface area contributed by atoms with Crippen molar-refractivity contribution in [3.63, 3.8) is 0 Å². The summed E-state index contributed by atoms with van der Waals surface area (Å²) in [5.74, 6) is 0.315. The summed E-state index contributed by atoms with van der Waals surface area (Å²) in [7, 11) is 1.88. The van der Waals surface area contributed by atoms with E-state index in [0.29, 0.717) is 12.2 Å². The highest BCUT2D eigenvalue weighted by molar-refractivity contribution is 6.02. The number of hydrogen-bond donors (Lipinski definition) is 1. The van der Waals surface area contributed by atoms with Crippen molar-refractivity contribution in [2.75, 3.05) is 20.2 Å². The molecule has 156 valence electrons. The molecule has 0 amide bonds. The largest absolute Gasteiger partial charge is 0.492 e. The zero-order valence-corrected chi connectivity index (χ0v) is 17.5. The number of Topliss-reactive ketones (excluding diaryl/α,β-unsaturated/α-hetero) is 1. The molecule has 0 saturated carbocycles. The third-order valence-electron chi connectivity index (χ3n) is 5.14. The Morgan fingerprint density at radius 1 is 1.00 bits per heavy atom. The lowest BCUT2D eigenvalue weighted by atomic mass is 9.83. The number of likely N-dealkylation sites (N-methyl/N-ethyl adjacent to an activating group) is 1. The van der Waals surface area contributed by atoms with Gasteiger partial charge in [-0.15, -0.1) is 0 Å². The van der Waals surface area contributed by atoms with Crippen LogP contribution in [0.25, 0.3) is 11.1 Å². The van der Waals surface area contributed by atoms with Crippen LogP contribution in [0.3, 0.4) is 0 Å². The summed E-state index contributed by atoms with van der Waals surface area (Å²) in [6.45, 7) is 3.42. The predicted molar refractivity (Wildman–Crippen MR) is 120 cm³/mol. The van der Waals surface area contributed by atoms with E-state index in [1.165, 1.54) is 12.1 Å². The van der Waals surface area contributed by atoms with Crippen LogP contribution in [0.15, 0.2) is 72.8 Å². The van der Waals surface area contributed by atoms with Crippen LogP contribution in [0.1, 0.15) is 41.6 Å². The van der Waals surface area contributed by atoms with E-state index >= 15 is 0 Å². The summed E-state index contributed by atoms with van der Waals surface area (Å²) in [5, 5.41) is 3.04. The van der Waals surface area contributed by atoms with Crippen LogP contribution in [0.5, 0.6) is 5.75 Å². The third-order valence-corrected chi connectivity index (χ3v) is 5.14. The molecule has 0 aliphatic heterocycles. The van der Waals surface area contributed by atoms with Crippen molar-refractivity contribution < 1.29 is 13.9 Å². The number of carbonyl (C=O) groups excluding carboxylic acids is 1. The first-order valence-electron chi connectivity index (χ1n) is 10.4. The lowest BCUT2D eigenvalue weighted by molar-refractivity contribution is 0.0955. The van der Waals surface area contributed by atoms with E-state index in [2.05, 4.69) is 12.2 Å². The fourth-order valence-electron chi connectivity index (χ4n) is 3.60. The Balaban J connectivity index is 1.89. The van der Waals surface area contributed by atoms with Gasteiger partial charge >= 0.3 is 0 Å². The fraction of sp³-hybridized carbons (Fsp3) is 0.269. The smallest absolute Gasteiger partial charge is 0.170 e. The summed E-state index contributed by atoms with van der Waals surface area (Å²) in [4.78, 5) is 13.4. The molecule has 0 fully saturated rings. The molecule has 0 bridgehead atoms.